The zero-order valence-electron chi connectivity index (χ0n) is 16.4. The van der Waals surface area contributed by atoms with E-state index in [1.807, 2.05) is 16.9 Å². The largest absolute Gasteiger partial charge is 0.487 e. The van der Waals surface area contributed by atoms with Gasteiger partial charge >= 0.3 is 0 Å². The van der Waals surface area contributed by atoms with Gasteiger partial charge < -0.3 is 15.4 Å². The summed E-state index contributed by atoms with van der Waals surface area (Å²) in [5.41, 5.74) is 1.21. The van der Waals surface area contributed by atoms with Crippen LogP contribution in [-0.4, -0.2) is 34.4 Å². The van der Waals surface area contributed by atoms with E-state index in [1.54, 1.807) is 6.20 Å². The molecular formula is C21H30IN5O. The van der Waals surface area contributed by atoms with E-state index < -0.39 is 0 Å². The summed E-state index contributed by atoms with van der Waals surface area (Å²) in [5.74, 6) is 1.88. The Labute approximate surface area is 184 Å². The van der Waals surface area contributed by atoms with E-state index in [1.165, 1.54) is 18.4 Å². The molecule has 1 spiro atoms. The summed E-state index contributed by atoms with van der Waals surface area (Å²) in [7, 11) is 0. The standard InChI is InChI=1S/C21H29N5O.HI/c1-2-22-20(23-13-15-26-14-7-12-24-26)25-18-16-21(10-5-6-11-21)27-19-9-4-3-8-17(18)19;/h3-4,7-9,12,14,18H,2,5-6,10-11,13,15-16H2,1H3,(H2,22,23,25);1H. The molecule has 7 heteroatoms. The lowest BCUT2D eigenvalue weighted by Gasteiger charge is -2.40. The minimum absolute atomic E-state index is 0. The van der Waals surface area contributed by atoms with Crippen molar-refractivity contribution in [2.75, 3.05) is 13.1 Å². The van der Waals surface area contributed by atoms with E-state index in [9.17, 15) is 0 Å². The quantitative estimate of drug-likeness (QED) is 0.376. The van der Waals surface area contributed by atoms with Gasteiger partial charge in [-0.25, -0.2) is 0 Å². The summed E-state index contributed by atoms with van der Waals surface area (Å²) in [6.45, 7) is 4.40. The average molecular weight is 495 g/mol. The van der Waals surface area contributed by atoms with Crippen molar-refractivity contribution in [1.82, 2.24) is 20.4 Å². The maximum Gasteiger partial charge on any atom is 0.191 e. The summed E-state index contributed by atoms with van der Waals surface area (Å²) in [4.78, 5) is 4.76. The van der Waals surface area contributed by atoms with Crippen molar-refractivity contribution in [2.45, 2.75) is 57.2 Å². The Balaban J connectivity index is 0.00000225. The number of nitrogens with zero attached hydrogens (tertiary/aromatic N) is 3. The Bertz CT molecular complexity index is 771. The topological polar surface area (TPSA) is 63.5 Å². The third-order valence-corrected chi connectivity index (χ3v) is 5.53. The van der Waals surface area contributed by atoms with Crippen LogP contribution in [0.5, 0.6) is 5.75 Å². The fourth-order valence-corrected chi connectivity index (χ4v) is 4.25. The molecule has 1 unspecified atom stereocenters. The average Bonchev–Trinajstić information content (AvgIpc) is 3.34. The number of rotatable bonds is 5. The minimum atomic E-state index is -0.0155. The molecule has 2 heterocycles. The Hall–Kier alpha value is -1.77. The van der Waals surface area contributed by atoms with E-state index >= 15 is 0 Å². The van der Waals surface area contributed by atoms with Gasteiger partial charge in [0.25, 0.3) is 0 Å². The number of guanidine groups is 1. The Morgan fingerprint density at radius 1 is 1.29 bits per heavy atom. The number of halogens is 1. The number of benzene rings is 1. The molecule has 6 nitrogen and oxygen atoms in total. The number of fused-ring (bicyclic) bond motifs is 1. The van der Waals surface area contributed by atoms with Gasteiger partial charge in [-0.05, 0) is 44.7 Å². The van der Waals surface area contributed by atoms with Crippen molar-refractivity contribution in [3.63, 3.8) is 0 Å². The molecular weight excluding hydrogens is 465 g/mol. The van der Waals surface area contributed by atoms with E-state index in [0.29, 0.717) is 6.54 Å². The van der Waals surface area contributed by atoms with Gasteiger partial charge in [0.2, 0.25) is 0 Å². The van der Waals surface area contributed by atoms with Crippen molar-refractivity contribution in [3.8, 4) is 5.75 Å². The van der Waals surface area contributed by atoms with E-state index in [4.69, 9.17) is 9.73 Å². The number of aromatic nitrogens is 2. The SMILES string of the molecule is CCNC(=NCCn1cccn1)NC1CC2(CCCC2)Oc2ccccc21.I. The predicted molar refractivity (Wildman–Crippen MR) is 122 cm³/mol. The molecule has 1 aromatic heterocycles. The number of ether oxygens (including phenoxy) is 1. The van der Waals surface area contributed by atoms with Gasteiger partial charge in [-0.3, -0.25) is 9.67 Å². The fraction of sp³-hybridized carbons (Fsp3) is 0.524. The van der Waals surface area contributed by atoms with Crippen LogP contribution >= 0.6 is 24.0 Å². The molecule has 152 valence electrons. The Morgan fingerprint density at radius 2 is 2.11 bits per heavy atom. The van der Waals surface area contributed by atoms with Gasteiger partial charge in [0.1, 0.15) is 11.4 Å². The van der Waals surface area contributed by atoms with Crippen molar-refractivity contribution in [2.24, 2.45) is 4.99 Å². The number of hydrogen-bond donors (Lipinski definition) is 2. The highest BCUT2D eigenvalue weighted by Crippen LogP contribution is 2.46. The molecule has 0 amide bonds. The summed E-state index contributed by atoms with van der Waals surface area (Å²) in [6, 6.07) is 10.6. The zero-order valence-corrected chi connectivity index (χ0v) is 18.8. The lowest BCUT2D eigenvalue weighted by Crippen LogP contribution is -2.46. The highest BCUT2D eigenvalue weighted by Gasteiger charge is 2.43. The second-order valence-corrected chi connectivity index (χ2v) is 7.46. The van der Waals surface area contributed by atoms with Gasteiger partial charge in [-0.15, -0.1) is 24.0 Å². The number of hydrogen-bond acceptors (Lipinski definition) is 3. The highest BCUT2D eigenvalue weighted by molar-refractivity contribution is 14.0. The van der Waals surface area contributed by atoms with Gasteiger partial charge in [-0.1, -0.05) is 18.2 Å². The monoisotopic (exact) mass is 495 g/mol. The van der Waals surface area contributed by atoms with Crippen molar-refractivity contribution >= 4 is 29.9 Å². The van der Waals surface area contributed by atoms with Crippen molar-refractivity contribution < 1.29 is 4.74 Å². The Kier molecular flexibility index (Phi) is 7.20. The van der Waals surface area contributed by atoms with Crippen LogP contribution in [0.15, 0.2) is 47.7 Å². The molecule has 2 N–H and O–H groups in total. The molecule has 4 rings (SSSR count). The van der Waals surface area contributed by atoms with Crippen LogP contribution in [0.2, 0.25) is 0 Å². The first-order valence-electron chi connectivity index (χ1n) is 10.1. The molecule has 1 atom stereocenters. The van der Waals surface area contributed by atoms with Crippen molar-refractivity contribution in [1.29, 1.82) is 0 Å². The number of para-hydroxylation sites is 1. The van der Waals surface area contributed by atoms with Crippen LogP contribution in [0.1, 0.15) is 50.6 Å². The molecule has 2 aliphatic rings. The van der Waals surface area contributed by atoms with Crippen LogP contribution in [0.25, 0.3) is 0 Å². The lowest BCUT2D eigenvalue weighted by molar-refractivity contribution is 0.0396. The zero-order chi connectivity index (χ0) is 18.5. The maximum atomic E-state index is 6.47. The third-order valence-electron chi connectivity index (χ3n) is 5.53. The summed E-state index contributed by atoms with van der Waals surface area (Å²) < 4.78 is 8.38. The third kappa shape index (κ3) is 4.79. The van der Waals surface area contributed by atoms with E-state index in [-0.39, 0.29) is 35.6 Å². The number of aliphatic imine (C=N–C) groups is 1. The van der Waals surface area contributed by atoms with Crippen LogP contribution in [-0.2, 0) is 6.54 Å². The molecule has 1 aliphatic heterocycles. The van der Waals surface area contributed by atoms with Crippen LogP contribution in [0.4, 0.5) is 0 Å². The highest BCUT2D eigenvalue weighted by atomic mass is 127. The second-order valence-electron chi connectivity index (χ2n) is 7.46. The fourth-order valence-electron chi connectivity index (χ4n) is 4.25. The predicted octanol–water partition coefficient (Wildman–Crippen LogP) is 3.89. The normalized spacial score (nSPS) is 20.2. The first kappa shape index (κ1) is 21.0. The molecule has 28 heavy (non-hydrogen) atoms. The van der Waals surface area contributed by atoms with Crippen LogP contribution in [0, 0.1) is 0 Å². The smallest absolute Gasteiger partial charge is 0.191 e. The van der Waals surface area contributed by atoms with Gasteiger partial charge in [0.05, 0.1) is 19.1 Å². The molecule has 1 aromatic carbocycles. The molecule has 2 aromatic rings. The van der Waals surface area contributed by atoms with E-state index in [0.717, 1.165) is 44.1 Å². The number of nitrogens with one attached hydrogen (secondary N) is 2. The molecule has 1 saturated carbocycles. The van der Waals surface area contributed by atoms with Crippen LogP contribution in [0.3, 0.4) is 0 Å². The lowest BCUT2D eigenvalue weighted by atomic mass is 9.86. The molecule has 0 bridgehead atoms. The van der Waals surface area contributed by atoms with Gasteiger partial charge in [-0.2, -0.15) is 5.10 Å². The first-order valence-corrected chi connectivity index (χ1v) is 10.1. The molecule has 1 aliphatic carbocycles. The van der Waals surface area contributed by atoms with Crippen LogP contribution < -0.4 is 15.4 Å². The minimum Gasteiger partial charge on any atom is -0.487 e. The van der Waals surface area contributed by atoms with Crippen molar-refractivity contribution in [3.05, 3.63) is 48.3 Å². The molecule has 0 saturated heterocycles. The molecule has 1 fully saturated rings. The van der Waals surface area contributed by atoms with E-state index in [2.05, 4.69) is 46.9 Å². The second kappa shape index (κ2) is 9.62. The first-order chi connectivity index (χ1) is 13.3. The summed E-state index contributed by atoms with van der Waals surface area (Å²) in [6.07, 6.45) is 9.56. The van der Waals surface area contributed by atoms with Gasteiger partial charge in [0.15, 0.2) is 5.96 Å². The Morgan fingerprint density at radius 3 is 2.86 bits per heavy atom. The molecule has 0 radical (unpaired) electrons. The maximum absolute atomic E-state index is 6.47. The summed E-state index contributed by atoms with van der Waals surface area (Å²) >= 11 is 0. The summed E-state index contributed by atoms with van der Waals surface area (Å²) in [5, 5.41) is 11.3. The van der Waals surface area contributed by atoms with Gasteiger partial charge in [0, 0.05) is 30.9 Å².